The number of halogens is 1. The summed E-state index contributed by atoms with van der Waals surface area (Å²) in [6.45, 7) is 4.43. The van der Waals surface area contributed by atoms with E-state index >= 15 is 0 Å². The van der Waals surface area contributed by atoms with E-state index in [2.05, 4.69) is 10.6 Å². The van der Waals surface area contributed by atoms with Crippen LogP contribution >= 0.6 is 11.6 Å². The van der Waals surface area contributed by atoms with E-state index < -0.39 is 0 Å². The van der Waals surface area contributed by atoms with Crippen molar-refractivity contribution in [3.63, 3.8) is 0 Å². The van der Waals surface area contributed by atoms with Crippen LogP contribution in [0.25, 0.3) is 0 Å². The van der Waals surface area contributed by atoms with Crippen LogP contribution in [0.15, 0.2) is 78.9 Å². The van der Waals surface area contributed by atoms with Gasteiger partial charge in [-0.25, -0.2) is 0 Å². The van der Waals surface area contributed by atoms with Gasteiger partial charge < -0.3 is 15.5 Å². The van der Waals surface area contributed by atoms with Gasteiger partial charge in [0.2, 0.25) is 11.8 Å². The van der Waals surface area contributed by atoms with Gasteiger partial charge in [-0.05, 0) is 48.7 Å². The van der Waals surface area contributed by atoms with Crippen molar-refractivity contribution in [2.24, 2.45) is 0 Å². The number of rotatable bonds is 9. The molecule has 32 heavy (non-hydrogen) atoms. The fourth-order valence-electron chi connectivity index (χ4n) is 3.51. The smallest absolute Gasteiger partial charge is 0.240 e. The molecular weight excluding hydrogens is 422 g/mol. The maximum atomic E-state index is 12.8. The highest BCUT2D eigenvalue weighted by Gasteiger charge is 2.18. The van der Waals surface area contributed by atoms with E-state index in [0.29, 0.717) is 11.6 Å². The Balaban J connectivity index is 1.66. The summed E-state index contributed by atoms with van der Waals surface area (Å²) in [4.78, 5) is 27.3. The van der Waals surface area contributed by atoms with Crippen LogP contribution < -0.4 is 15.5 Å². The minimum atomic E-state index is -0.169. The van der Waals surface area contributed by atoms with Gasteiger partial charge >= 0.3 is 0 Å². The highest BCUT2D eigenvalue weighted by Crippen LogP contribution is 2.19. The first-order valence-corrected chi connectivity index (χ1v) is 11.0. The van der Waals surface area contributed by atoms with Crippen molar-refractivity contribution in [2.45, 2.75) is 26.4 Å². The van der Waals surface area contributed by atoms with E-state index in [4.69, 9.17) is 11.6 Å². The van der Waals surface area contributed by atoms with E-state index in [1.165, 1.54) is 0 Å². The summed E-state index contributed by atoms with van der Waals surface area (Å²) >= 11 is 6.02. The molecule has 0 saturated heterocycles. The Kier molecular flexibility index (Phi) is 8.28. The second-order valence-electron chi connectivity index (χ2n) is 7.75. The van der Waals surface area contributed by atoms with E-state index in [0.717, 1.165) is 22.4 Å². The first-order valence-electron chi connectivity index (χ1n) is 10.6. The van der Waals surface area contributed by atoms with Crippen molar-refractivity contribution in [1.29, 1.82) is 0 Å². The quantitative estimate of drug-likeness (QED) is 0.500. The highest BCUT2D eigenvalue weighted by molar-refractivity contribution is 6.30. The highest BCUT2D eigenvalue weighted by atomic mass is 35.5. The normalized spacial score (nSPS) is 11.5. The molecule has 0 saturated carbocycles. The van der Waals surface area contributed by atoms with Crippen molar-refractivity contribution in [2.75, 3.05) is 18.0 Å². The number of hydrogen-bond acceptors (Lipinski definition) is 3. The van der Waals surface area contributed by atoms with Crippen LogP contribution in [0.2, 0.25) is 5.02 Å². The second kappa shape index (κ2) is 11.3. The largest absolute Gasteiger partial charge is 0.353 e. The summed E-state index contributed by atoms with van der Waals surface area (Å²) in [5.41, 5.74) is 3.80. The molecule has 1 unspecified atom stereocenters. The number of carbonyl (C=O) groups excluding carboxylic acids is 2. The molecule has 166 valence electrons. The molecule has 0 aliphatic heterocycles. The minimum Gasteiger partial charge on any atom is -0.353 e. The molecule has 0 spiro atoms. The molecule has 6 heteroatoms. The number of hydrogen-bond donors (Lipinski definition) is 2. The van der Waals surface area contributed by atoms with E-state index in [9.17, 15) is 9.59 Å². The van der Waals surface area contributed by atoms with Crippen molar-refractivity contribution in [1.82, 2.24) is 10.6 Å². The monoisotopic (exact) mass is 449 g/mol. The van der Waals surface area contributed by atoms with Crippen molar-refractivity contribution >= 4 is 29.1 Å². The molecule has 0 aromatic heterocycles. The predicted molar refractivity (Wildman–Crippen MR) is 130 cm³/mol. The first-order chi connectivity index (χ1) is 15.4. The van der Waals surface area contributed by atoms with Gasteiger partial charge in [-0.3, -0.25) is 9.59 Å². The van der Waals surface area contributed by atoms with Crippen LogP contribution in [0, 0.1) is 6.92 Å². The fraction of sp³-hybridized carbons (Fsp3) is 0.231. The Hall–Kier alpha value is -3.31. The molecular formula is C26H28ClN3O2. The molecule has 2 amide bonds. The zero-order valence-electron chi connectivity index (χ0n) is 18.3. The third-order valence-corrected chi connectivity index (χ3v) is 5.42. The van der Waals surface area contributed by atoms with E-state index in [-0.39, 0.29) is 30.9 Å². The molecule has 0 heterocycles. The summed E-state index contributed by atoms with van der Waals surface area (Å²) in [5.74, 6) is -0.315. The number of nitrogens with zero attached hydrogens (tertiary/aromatic N) is 1. The molecule has 0 aliphatic carbocycles. The Morgan fingerprint density at radius 2 is 1.59 bits per heavy atom. The van der Waals surface area contributed by atoms with Crippen molar-refractivity contribution < 1.29 is 9.59 Å². The van der Waals surface area contributed by atoms with Gasteiger partial charge in [0, 0.05) is 17.3 Å². The Labute approximate surface area is 194 Å². The van der Waals surface area contributed by atoms with Gasteiger partial charge in [-0.2, -0.15) is 0 Å². The maximum absolute atomic E-state index is 12.8. The number of benzene rings is 3. The van der Waals surface area contributed by atoms with E-state index in [1.54, 1.807) is 11.0 Å². The van der Waals surface area contributed by atoms with Gasteiger partial charge in [-0.15, -0.1) is 0 Å². The summed E-state index contributed by atoms with van der Waals surface area (Å²) < 4.78 is 0. The zero-order valence-corrected chi connectivity index (χ0v) is 19.1. The van der Waals surface area contributed by atoms with Crippen LogP contribution in [-0.4, -0.2) is 24.9 Å². The number of carbonyl (C=O) groups is 2. The minimum absolute atomic E-state index is 0.0680. The Bertz CT molecular complexity index is 1060. The molecule has 0 fully saturated rings. The third-order valence-electron chi connectivity index (χ3n) is 5.18. The average Bonchev–Trinajstić information content (AvgIpc) is 2.78. The van der Waals surface area contributed by atoms with Gasteiger partial charge in [0.15, 0.2) is 0 Å². The standard InChI is InChI=1S/C26H28ClN3O2/c1-19-9-6-7-14-24(19)30(17-25(31)28-16-21-10-8-13-23(27)15-21)18-26(32)29-20(2)22-11-4-3-5-12-22/h3-15,20H,16-18H2,1-2H3,(H,28,31)(H,29,32). The van der Waals surface area contributed by atoms with Gasteiger partial charge in [0.05, 0.1) is 19.1 Å². The number of para-hydroxylation sites is 1. The van der Waals surface area contributed by atoms with Crippen LogP contribution in [0.5, 0.6) is 0 Å². The van der Waals surface area contributed by atoms with Crippen LogP contribution in [0.3, 0.4) is 0 Å². The molecule has 1 atom stereocenters. The van der Waals surface area contributed by atoms with Gasteiger partial charge in [0.1, 0.15) is 0 Å². The van der Waals surface area contributed by atoms with Crippen molar-refractivity contribution in [3.8, 4) is 0 Å². The molecule has 0 radical (unpaired) electrons. The van der Waals surface area contributed by atoms with E-state index in [1.807, 2.05) is 86.6 Å². The Morgan fingerprint density at radius 1 is 0.906 bits per heavy atom. The molecule has 3 rings (SSSR count). The average molecular weight is 450 g/mol. The fourth-order valence-corrected chi connectivity index (χ4v) is 3.72. The lowest BCUT2D eigenvalue weighted by molar-refractivity contribution is -0.121. The van der Waals surface area contributed by atoms with Crippen LogP contribution in [0.1, 0.15) is 29.7 Å². The van der Waals surface area contributed by atoms with Crippen molar-refractivity contribution in [3.05, 3.63) is 101 Å². The lowest BCUT2D eigenvalue weighted by atomic mass is 10.1. The molecule has 3 aromatic rings. The number of anilines is 1. The maximum Gasteiger partial charge on any atom is 0.240 e. The number of amides is 2. The van der Waals surface area contributed by atoms with Crippen LogP contribution in [0.4, 0.5) is 5.69 Å². The molecule has 0 aliphatic rings. The van der Waals surface area contributed by atoms with Gasteiger partial charge in [0.25, 0.3) is 0 Å². The Morgan fingerprint density at radius 3 is 2.31 bits per heavy atom. The number of nitrogens with one attached hydrogen (secondary N) is 2. The summed E-state index contributed by atoms with van der Waals surface area (Å²) in [5, 5.41) is 6.57. The topological polar surface area (TPSA) is 61.4 Å². The molecule has 0 bridgehead atoms. The third kappa shape index (κ3) is 6.86. The van der Waals surface area contributed by atoms with Gasteiger partial charge in [-0.1, -0.05) is 72.3 Å². The zero-order chi connectivity index (χ0) is 22.9. The predicted octanol–water partition coefficient (Wildman–Crippen LogP) is 4.65. The molecule has 2 N–H and O–H groups in total. The second-order valence-corrected chi connectivity index (χ2v) is 8.19. The van der Waals surface area contributed by atoms with Crippen LogP contribution in [-0.2, 0) is 16.1 Å². The lowest BCUT2D eigenvalue weighted by Gasteiger charge is -2.26. The summed E-state index contributed by atoms with van der Waals surface area (Å²) in [6.07, 6.45) is 0. The lowest BCUT2D eigenvalue weighted by Crippen LogP contribution is -2.43. The number of aryl methyl sites for hydroxylation is 1. The SMILES string of the molecule is Cc1ccccc1N(CC(=O)NCc1cccc(Cl)c1)CC(=O)NC(C)c1ccccc1. The summed E-state index contributed by atoms with van der Waals surface area (Å²) in [6, 6.07) is 24.8. The summed E-state index contributed by atoms with van der Waals surface area (Å²) in [7, 11) is 0. The molecule has 3 aromatic carbocycles. The first kappa shape index (κ1) is 23.4. The molecule has 5 nitrogen and oxygen atoms in total.